The molecule has 1 atom stereocenters. The van der Waals surface area contributed by atoms with Crippen LogP contribution >= 0.6 is 23.2 Å². The van der Waals surface area contributed by atoms with E-state index >= 15 is 0 Å². The second-order valence-electron chi connectivity index (χ2n) is 8.74. The molecule has 0 spiro atoms. The van der Waals surface area contributed by atoms with Gasteiger partial charge in [0, 0.05) is 53.1 Å². The van der Waals surface area contributed by atoms with Crippen molar-refractivity contribution in [1.82, 2.24) is 24.4 Å². The molecule has 186 valence electrons. The Kier molecular flexibility index (Phi) is 7.61. The summed E-state index contributed by atoms with van der Waals surface area (Å²) < 4.78 is 30.1. The molecule has 0 aliphatic rings. The lowest BCUT2D eigenvalue weighted by atomic mass is 10.1. The van der Waals surface area contributed by atoms with E-state index in [-0.39, 0.29) is 30.3 Å². The van der Waals surface area contributed by atoms with Crippen molar-refractivity contribution in [1.29, 1.82) is 0 Å². The van der Waals surface area contributed by atoms with Gasteiger partial charge in [-0.15, -0.1) is 0 Å². The Hall–Kier alpha value is -2.72. The van der Waals surface area contributed by atoms with Gasteiger partial charge >= 0.3 is 5.69 Å². The molecule has 0 fully saturated rings. The molecule has 0 amide bonds. The van der Waals surface area contributed by atoms with E-state index in [1.165, 1.54) is 9.13 Å². The van der Waals surface area contributed by atoms with Crippen LogP contribution in [0.5, 0.6) is 0 Å². The summed E-state index contributed by atoms with van der Waals surface area (Å²) in [5.41, 5.74) is 1.64. The number of hydrogen-bond donors (Lipinski definition) is 3. The molecule has 35 heavy (non-hydrogen) atoms. The first-order valence-electron chi connectivity index (χ1n) is 11.1. The molecule has 0 bridgehead atoms. The van der Waals surface area contributed by atoms with Crippen molar-refractivity contribution in [3.8, 4) is 0 Å². The highest BCUT2D eigenvalue weighted by Crippen LogP contribution is 2.23. The van der Waals surface area contributed by atoms with E-state index in [0.717, 1.165) is 17.7 Å². The molecule has 2 aromatic heterocycles. The minimum atomic E-state index is -0.995. The topological polar surface area (TPSA) is 87.9 Å². The van der Waals surface area contributed by atoms with Crippen molar-refractivity contribution in [3.05, 3.63) is 85.8 Å². The first-order valence-corrected chi connectivity index (χ1v) is 11.8. The van der Waals surface area contributed by atoms with Gasteiger partial charge in [-0.25, -0.2) is 18.6 Å². The van der Waals surface area contributed by atoms with Crippen LogP contribution in [0.2, 0.25) is 10.0 Å². The zero-order valence-electron chi connectivity index (χ0n) is 19.2. The lowest BCUT2D eigenvalue weighted by Gasteiger charge is -2.16. The van der Waals surface area contributed by atoms with E-state index in [2.05, 4.69) is 15.3 Å². The molecule has 2 aromatic carbocycles. The van der Waals surface area contributed by atoms with Crippen molar-refractivity contribution in [2.24, 2.45) is 0 Å². The zero-order valence-corrected chi connectivity index (χ0v) is 20.7. The summed E-state index contributed by atoms with van der Waals surface area (Å²) in [5, 5.41) is 14.7. The number of hydrogen-bond acceptors (Lipinski definition) is 4. The van der Waals surface area contributed by atoms with Gasteiger partial charge in [0.15, 0.2) is 11.6 Å². The van der Waals surface area contributed by atoms with Gasteiger partial charge in [-0.05, 0) is 17.7 Å². The molecule has 2 heterocycles. The number of imidazole rings is 2. The van der Waals surface area contributed by atoms with E-state index < -0.39 is 17.7 Å². The van der Waals surface area contributed by atoms with Gasteiger partial charge in [0.05, 0.1) is 30.2 Å². The quantitative estimate of drug-likeness (QED) is 0.308. The normalized spacial score (nSPS) is 12.7. The van der Waals surface area contributed by atoms with Crippen LogP contribution in [0.3, 0.4) is 0 Å². The minimum Gasteiger partial charge on any atom is -0.390 e. The number of aromatic nitrogens is 4. The Morgan fingerprint density at radius 1 is 1.17 bits per heavy atom. The average molecular weight is 524 g/mol. The lowest BCUT2D eigenvalue weighted by molar-refractivity contribution is 0.146. The molecular weight excluding hydrogens is 499 g/mol. The van der Waals surface area contributed by atoms with Crippen LogP contribution in [0.4, 0.5) is 8.78 Å². The van der Waals surface area contributed by atoms with Crippen LogP contribution in [0.1, 0.15) is 30.9 Å². The summed E-state index contributed by atoms with van der Waals surface area (Å²) in [4.78, 5) is 20.5. The van der Waals surface area contributed by atoms with E-state index in [1.54, 1.807) is 24.4 Å². The number of benzene rings is 2. The predicted molar refractivity (Wildman–Crippen MR) is 132 cm³/mol. The lowest BCUT2D eigenvalue weighted by Crippen LogP contribution is -2.37. The summed E-state index contributed by atoms with van der Waals surface area (Å²) in [5.74, 6) is -1.62. The fourth-order valence-corrected chi connectivity index (χ4v) is 4.31. The summed E-state index contributed by atoms with van der Waals surface area (Å²) in [6.07, 6.45) is 1.20. The van der Waals surface area contributed by atoms with Crippen LogP contribution < -0.4 is 11.0 Å². The molecule has 4 aromatic rings. The third-order valence-corrected chi connectivity index (χ3v) is 6.15. The molecule has 1 unspecified atom stereocenters. The van der Waals surface area contributed by atoms with Crippen molar-refractivity contribution in [2.75, 3.05) is 6.54 Å². The largest absolute Gasteiger partial charge is 0.390 e. The van der Waals surface area contributed by atoms with Crippen molar-refractivity contribution in [2.45, 2.75) is 45.5 Å². The monoisotopic (exact) mass is 523 g/mol. The molecule has 11 heteroatoms. The fourth-order valence-electron chi connectivity index (χ4n) is 3.83. The number of aromatic amines is 1. The maximum absolute atomic E-state index is 13.6. The summed E-state index contributed by atoms with van der Waals surface area (Å²) in [6, 6.07) is 7.35. The van der Waals surface area contributed by atoms with Crippen molar-refractivity contribution < 1.29 is 13.9 Å². The Bertz CT molecular complexity index is 1370. The zero-order chi connectivity index (χ0) is 25.3. The number of rotatable bonds is 9. The Morgan fingerprint density at radius 3 is 2.63 bits per heavy atom. The molecule has 0 aliphatic heterocycles. The van der Waals surface area contributed by atoms with Crippen LogP contribution in [0, 0.1) is 11.6 Å². The van der Waals surface area contributed by atoms with Gasteiger partial charge in [-0.2, -0.15) is 0 Å². The predicted octanol–water partition coefficient (Wildman–Crippen LogP) is 4.11. The van der Waals surface area contributed by atoms with Crippen molar-refractivity contribution >= 4 is 34.2 Å². The second-order valence-corrected chi connectivity index (χ2v) is 9.58. The first-order chi connectivity index (χ1) is 16.6. The maximum Gasteiger partial charge on any atom is 0.328 e. The molecule has 0 saturated carbocycles. The highest BCUT2D eigenvalue weighted by atomic mass is 35.5. The number of nitrogens with one attached hydrogen (secondary N) is 2. The van der Waals surface area contributed by atoms with Crippen LogP contribution in [0.25, 0.3) is 11.0 Å². The maximum atomic E-state index is 13.6. The molecule has 0 aliphatic carbocycles. The minimum absolute atomic E-state index is 0.0471. The molecule has 3 N–H and O–H groups in total. The van der Waals surface area contributed by atoms with Gasteiger partial charge < -0.3 is 15.4 Å². The summed E-state index contributed by atoms with van der Waals surface area (Å²) in [7, 11) is 0. The SMILES string of the molecule is CC(C)NCC(O)Cn1c(Cc2ccc(Cl)cc2Cl)cn(Cc2nc3cc(F)c(F)cc3[nH]2)c1=O. The smallest absolute Gasteiger partial charge is 0.328 e. The van der Waals surface area contributed by atoms with Gasteiger partial charge in [0.2, 0.25) is 0 Å². The molecule has 7 nitrogen and oxygen atoms in total. The third kappa shape index (κ3) is 5.92. The fraction of sp³-hybridized carbons (Fsp3) is 0.333. The number of aliphatic hydroxyl groups excluding tert-OH is 1. The molecular formula is C24H25Cl2F2N5O2. The summed E-state index contributed by atoms with van der Waals surface area (Å²) in [6.45, 7) is 4.37. The average Bonchev–Trinajstić information content (AvgIpc) is 3.29. The van der Waals surface area contributed by atoms with E-state index in [1.807, 2.05) is 13.8 Å². The second kappa shape index (κ2) is 10.5. The van der Waals surface area contributed by atoms with E-state index in [0.29, 0.717) is 40.0 Å². The number of nitrogens with zero attached hydrogens (tertiary/aromatic N) is 3. The molecule has 4 rings (SSSR count). The highest BCUT2D eigenvalue weighted by Gasteiger charge is 2.18. The number of aliphatic hydroxyl groups is 1. The van der Waals surface area contributed by atoms with E-state index in [9.17, 15) is 18.7 Å². The van der Waals surface area contributed by atoms with Crippen molar-refractivity contribution in [3.63, 3.8) is 0 Å². The number of halogens is 4. The Morgan fingerprint density at radius 2 is 1.91 bits per heavy atom. The third-order valence-electron chi connectivity index (χ3n) is 5.56. The van der Waals surface area contributed by atoms with Gasteiger partial charge in [0.25, 0.3) is 0 Å². The van der Waals surface area contributed by atoms with Crippen LogP contribution in [-0.2, 0) is 19.5 Å². The van der Waals surface area contributed by atoms with Gasteiger partial charge in [-0.3, -0.25) is 9.13 Å². The highest BCUT2D eigenvalue weighted by molar-refractivity contribution is 6.35. The first kappa shape index (κ1) is 25.4. The number of fused-ring (bicyclic) bond motifs is 1. The Labute approximate surface area is 210 Å². The van der Waals surface area contributed by atoms with Crippen LogP contribution in [0.15, 0.2) is 41.3 Å². The summed E-state index contributed by atoms with van der Waals surface area (Å²) >= 11 is 12.4. The van der Waals surface area contributed by atoms with E-state index in [4.69, 9.17) is 23.2 Å². The molecule has 0 saturated heterocycles. The van der Waals surface area contributed by atoms with Crippen LogP contribution in [-0.4, -0.2) is 42.9 Å². The molecule has 0 radical (unpaired) electrons. The van der Waals surface area contributed by atoms with Gasteiger partial charge in [-0.1, -0.05) is 43.1 Å². The van der Waals surface area contributed by atoms with Gasteiger partial charge in [0.1, 0.15) is 5.82 Å². The number of H-pyrrole nitrogens is 1. The Balaban J connectivity index is 1.67. The standard InChI is InChI=1S/C24H25Cl2F2N5O2/c1-13(2)29-9-17(34)11-33-16(5-14-3-4-15(25)6-18(14)26)10-32(24(33)35)12-23-30-21-7-19(27)20(28)8-22(21)31-23/h3-4,6-8,10,13,17,29,34H,5,9,11-12H2,1-2H3,(H,30,31).